The van der Waals surface area contributed by atoms with Crippen molar-refractivity contribution in [3.63, 3.8) is 0 Å². The highest BCUT2D eigenvalue weighted by Crippen LogP contribution is 2.29. The summed E-state index contributed by atoms with van der Waals surface area (Å²) in [5.41, 5.74) is 3.08. The van der Waals surface area contributed by atoms with Crippen molar-refractivity contribution in [1.29, 1.82) is 0 Å². The predicted molar refractivity (Wildman–Crippen MR) is 95.1 cm³/mol. The van der Waals surface area contributed by atoms with Crippen LogP contribution in [0.1, 0.15) is 30.4 Å². The molecule has 1 atom stereocenters. The van der Waals surface area contributed by atoms with E-state index in [0.717, 1.165) is 29.7 Å². The lowest BCUT2D eigenvalue weighted by atomic mass is 10.1. The van der Waals surface area contributed by atoms with Crippen LogP contribution >= 0.6 is 0 Å². The molecule has 2 N–H and O–H groups in total. The molecule has 1 saturated heterocycles. The summed E-state index contributed by atoms with van der Waals surface area (Å²) in [6, 6.07) is 5.87. The van der Waals surface area contributed by atoms with E-state index in [0.29, 0.717) is 19.6 Å². The Morgan fingerprint density at radius 2 is 1.72 bits per heavy atom. The summed E-state index contributed by atoms with van der Waals surface area (Å²) in [6.45, 7) is 5.24. The van der Waals surface area contributed by atoms with E-state index >= 15 is 0 Å². The van der Waals surface area contributed by atoms with E-state index in [1.165, 1.54) is 0 Å². The van der Waals surface area contributed by atoms with Gasteiger partial charge >= 0.3 is 0 Å². The maximum absolute atomic E-state index is 12.3. The number of benzene rings is 1. The van der Waals surface area contributed by atoms with Gasteiger partial charge in [0.2, 0.25) is 17.7 Å². The molecular formula is C19H25N3O3. The fourth-order valence-electron chi connectivity index (χ4n) is 3.15. The molecule has 1 aromatic carbocycles. The van der Waals surface area contributed by atoms with Crippen LogP contribution in [-0.2, 0) is 14.4 Å². The van der Waals surface area contributed by atoms with E-state index in [1.54, 1.807) is 4.90 Å². The molecule has 6 heteroatoms. The van der Waals surface area contributed by atoms with Crippen LogP contribution in [0, 0.1) is 25.7 Å². The van der Waals surface area contributed by atoms with Crippen molar-refractivity contribution in [1.82, 2.24) is 10.6 Å². The molecule has 1 saturated carbocycles. The van der Waals surface area contributed by atoms with Gasteiger partial charge in [0.25, 0.3) is 0 Å². The highest BCUT2D eigenvalue weighted by Gasteiger charge is 2.35. The Balaban J connectivity index is 1.50. The summed E-state index contributed by atoms with van der Waals surface area (Å²) in [5, 5.41) is 5.64. The lowest BCUT2D eigenvalue weighted by Gasteiger charge is -2.20. The number of hydrogen-bond acceptors (Lipinski definition) is 3. The number of carbonyl (C=O) groups is 3. The molecule has 3 amide bonds. The normalized spacial score (nSPS) is 19.8. The predicted octanol–water partition coefficient (Wildman–Crippen LogP) is 1.30. The van der Waals surface area contributed by atoms with Gasteiger partial charge in [-0.15, -0.1) is 0 Å². The third kappa shape index (κ3) is 4.00. The number of carbonyl (C=O) groups excluding carboxylic acids is 3. The standard InChI is InChI=1S/C19H25N3O3/c1-12-4-3-5-16(13(12)2)22-11-15(10-17(22)23)19(25)21-9-8-20-18(24)14-6-7-14/h3-5,14-15H,6-11H2,1-2H3,(H,20,24)(H,21,25). The van der Waals surface area contributed by atoms with Crippen molar-refractivity contribution in [2.75, 3.05) is 24.5 Å². The smallest absolute Gasteiger partial charge is 0.227 e. The first-order valence-corrected chi connectivity index (χ1v) is 8.89. The van der Waals surface area contributed by atoms with Crippen LogP contribution in [0.3, 0.4) is 0 Å². The summed E-state index contributed by atoms with van der Waals surface area (Å²) in [7, 11) is 0. The highest BCUT2D eigenvalue weighted by atomic mass is 16.2. The average Bonchev–Trinajstić information content (AvgIpc) is 3.37. The summed E-state index contributed by atoms with van der Waals surface area (Å²) in [5.74, 6) is -0.232. The minimum atomic E-state index is -0.341. The van der Waals surface area contributed by atoms with Gasteiger partial charge in [-0.05, 0) is 43.9 Å². The SMILES string of the molecule is Cc1cccc(N2CC(C(=O)NCCNC(=O)C3CC3)CC2=O)c1C. The molecule has 2 aliphatic rings. The van der Waals surface area contributed by atoms with Gasteiger partial charge in [0, 0.05) is 37.7 Å². The van der Waals surface area contributed by atoms with Crippen LogP contribution in [-0.4, -0.2) is 37.4 Å². The molecule has 1 aliphatic carbocycles. The number of nitrogens with zero attached hydrogens (tertiary/aromatic N) is 1. The minimum Gasteiger partial charge on any atom is -0.354 e. The zero-order valence-corrected chi connectivity index (χ0v) is 14.8. The molecule has 25 heavy (non-hydrogen) atoms. The fourth-order valence-corrected chi connectivity index (χ4v) is 3.15. The van der Waals surface area contributed by atoms with Gasteiger partial charge in [0.15, 0.2) is 0 Å². The number of nitrogens with one attached hydrogen (secondary N) is 2. The second kappa shape index (κ2) is 7.25. The van der Waals surface area contributed by atoms with Crippen LogP contribution < -0.4 is 15.5 Å². The first-order valence-electron chi connectivity index (χ1n) is 8.89. The van der Waals surface area contributed by atoms with Crippen molar-refractivity contribution >= 4 is 23.4 Å². The molecule has 2 fully saturated rings. The van der Waals surface area contributed by atoms with Crippen molar-refractivity contribution in [2.45, 2.75) is 33.1 Å². The van der Waals surface area contributed by atoms with E-state index < -0.39 is 0 Å². The first-order chi connectivity index (χ1) is 12.0. The molecule has 1 aromatic rings. The van der Waals surface area contributed by atoms with E-state index in [9.17, 15) is 14.4 Å². The van der Waals surface area contributed by atoms with Crippen molar-refractivity contribution in [3.8, 4) is 0 Å². The van der Waals surface area contributed by atoms with Gasteiger partial charge in [0.1, 0.15) is 0 Å². The van der Waals surface area contributed by atoms with Gasteiger partial charge in [-0.2, -0.15) is 0 Å². The summed E-state index contributed by atoms with van der Waals surface area (Å²) in [4.78, 5) is 37.9. The average molecular weight is 343 g/mol. The van der Waals surface area contributed by atoms with Crippen LogP contribution in [0.15, 0.2) is 18.2 Å². The van der Waals surface area contributed by atoms with Gasteiger partial charge in [-0.25, -0.2) is 0 Å². The van der Waals surface area contributed by atoms with Gasteiger partial charge in [-0.1, -0.05) is 12.1 Å². The second-order valence-corrected chi connectivity index (χ2v) is 6.98. The van der Waals surface area contributed by atoms with Crippen LogP contribution in [0.25, 0.3) is 0 Å². The largest absolute Gasteiger partial charge is 0.354 e. The third-order valence-electron chi connectivity index (χ3n) is 5.03. The number of anilines is 1. The van der Waals surface area contributed by atoms with Gasteiger partial charge in [0.05, 0.1) is 5.92 Å². The Labute approximate surface area is 148 Å². The van der Waals surface area contributed by atoms with E-state index in [1.807, 2.05) is 32.0 Å². The molecule has 6 nitrogen and oxygen atoms in total. The first kappa shape index (κ1) is 17.5. The topological polar surface area (TPSA) is 78.5 Å². The molecule has 1 aliphatic heterocycles. The number of hydrogen-bond donors (Lipinski definition) is 2. The molecule has 1 unspecified atom stereocenters. The Morgan fingerprint density at radius 1 is 1.08 bits per heavy atom. The molecule has 0 bridgehead atoms. The van der Waals surface area contributed by atoms with E-state index in [4.69, 9.17) is 0 Å². The molecular weight excluding hydrogens is 318 g/mol. The number of rotatable bonds is 6. The zero-order chi connectivity index (χ0) is 18.0. The fraction of sp³-hybridized carbons (Fsp3) is 0.526. The maximum Gasteiger partial charge on any atom is 0.227 e. The summed E-state index contributed by atoms with van der Waals surface area (Å²) < 4.78 is 0. The van der Waals surface area contributed by atoms with Crippen molar-refractivity contribution in [2.24, 2.45) is 11.8 Å². The molecule has 0 radical (unpaired) electrons. The zero-order valence-electron chi connectivity index (χ0n) is 14.8. The monoisotopic (exact) mass is 343 g/mol. The Morgan fingerprint density at radius 3 is 2.36 bits per heavy atom. The third-order valence-corrected chi connectivity index (χ3v) is 5.03. The second-order valence-electron chi connectivity index (χ2n) is 6.98. The van der Waals surface area contributed by atoms with Crippen molar-refractivity contribution < 1.29 is 14.4 Å². The maximum atomic E-state index is 12.3. The van der Waals surface area contributed by atoms with E-state index in [-0.39, 0.29) is 36.0 Å². The quantitative estimate of drug-likeness (QED) is 0.764. The lowest BCUT2D eigenvalue weighted by Crippen LogP contribution is -2.38. The highest BCUT2D eigenvalue weighted by molar-refractivity contribution is 6.00. The minimum absolute atomic E-state index is 0.0177. The lowest BCUT2D eigenvalue weighted by molar-refractivity contribution is -0.126. The number of amides is 3. The Bertz CT molecular complexity index is 697. The van der Waals surface area contributed by atoms with Crippen LogP contribution in [0.4, 0.5) is 5.69 Å². The van der Waals surface area contributed by atoms with Crippen LogP contribution in [0.5, 0.6) is 0 Å². The summed E-state index contributed by atoms with van der Waals surface area (Å²) >= 11 is 0. The molecule has 1 heterocycles. The Kier molecular flexibility index (Phi) is 5.06. The van der Waals surface area contributed by atoms with Gasteiger partial charge in [-0.3, -0.25) is 14.4 Å². The van der Waals surface area contributed by atoms with Crippen LogP contribution in [0.2, 0.25) is 0 Å². The van der Waals surface area contributed by atoms with E-state index in [2.05, 4.69) is 10.6 Å². The van der Waals surface area contributed by atoms with Crippen molar-refractivity contribution in [3.05, 3.63) is 29.3 Å². The molecule has 0 aromatic heterocycles. The molecule has 0 spiro atoms. The molecule has 3 rings (SSSR count). The molecule has 134 valence electrons. The Hall–Kier alpha value is -2.37. The summed E-state index contributed by atoms with van der Waals surface area (Å²) in [6.07, 6.45) is 2.17. The van der Waals surface area contributed by atoms with Gasteiger partial charge < -0.3 is 15.5 Å². The number of aryl methyl sites for hydroxylation is 1.